The molecule has 1 aliphatic carbocycles. The van der Waals surface area contributed by atoms with Crippen molar-refractivity contribution in [3.63, 3.8) is 0 Å². The van der Waals surface area contributed by atoms with E-state index in [4.69, 9.17) is 14.3 Å². The van der Waals surface area contributed by atoms with Gasteiger partial charge in [-0.25, -0.2) is 0 Å². The summed E-state index contributed by atoms with van der Waals surface area (Å²) in [6.07, 6.45) is -0.0184. The van der Waals surface area contributed by atoms with Crippen LogP contribution in [0, 0.1) is 5.92 Å². The third kappa shape index (κ3) is 1.50. The van der Waals surface area contributed by atoms with Crippen molar-refractivity contribution in [2.75, 3.05) is 13.7 Å². The molecule has 5 nitrogen and oxygen atoms in total. The zero-order valence-electron chi connectivity index (χ0n) is 9.92. The van der Waals surface area contributed by atoms with Crippen LogP contribution in [0.3, 0.4) is 0 Å². The molecule has 5 heteroatoms. The highest BCUT2D eigenvalue weighted by atomic mass is 16.8. The van der Waals surface area contributed by atoms with E-state index in [1.54, 1.807) is 0 Å². The first-order chi connectivity index (χ1) is 7.48. The molecule has 0 radical (unpaired) electrons. The Hall–Kier alpha value is -0.200. The van der Waals surface area contributed by atoms with Crippen molar-refractivity contribution in [1.82, 2.24) is 5.06 Å². The van der Waals surface area contributed by atoms with Crippen molar-refractivity contribution in [3.05, 3.63) is 0 Å². The molecule has 0 amide bonds. The lowest BCUT2D eigenvalue weighted by atomic mass is 9.80. The maximum atomic E-state index is 10.1. The number of fused-ring (bicyclic) bond motifs is 3. The van der Waals surface area contributed by atoms with Crippen LogP contribution in [-0.4, -0.2) is 54.0 Å². The van der Waals surface area contributed by atoms with Gasteiger partial charge in [-0.1, -0.05) is 0 Å². The highest BCUT2D eigenvalue weighted by Gasteiger charge is 2.57. The van der Waals surface area contributed by atoms with E-state index in [9.17, 15) is 5.11 Å². The van der Waals surface area contributed by atoms with Crippen LogP contribution < -0.4 is 0 Å². The molecule has 2 aliphatic heterocycles. The van der Waals surface area contributed by atoms with E-state index in [0.717, 1.165) is 6.42 Å². The minimum atomic E-state index is -0.603. The second-order valence-corrected chi connectivity index (χ2v) is 5.46. The monoisotopic (exact) mass is 229 g/mol. The molecule has 1 saturated carbocycles. The van der Waals surface area contributed by atoms with Crippen molar-refractivity contribution in [2.45, 2.75) is 50.4 Å². The van der Waals surface area contributed by atoms with Crippen molar-refractivity contribution < 1.29 is 19.4 Å². The third-order valence-electron chi connectivity index (χ3n) is 3.82. The van der Waals surface area contributed by atoms with Crippen molar-refractivity contribution in [3.8, 4) is 0 Å². The summed E-state index contributed by atoms with van der Waals surface area (Å²) in [6.45, 7) is 4.46. The fraction of sp³-hybridized carbons (Fsp3) is 1.00. The molecule has 0 bridgehead atoms. The van der Waals surface area contributed by atoms with Crippen molar-refractivity contribution >= 4 is 0 Å². The quantitative estimate of drug-likeness (QED) is 0.640. The number of hydrogen-bond acceptors (Lipinski definition) is 5. The van der Waals surface area contributed by atoms with E-state index in [2.05, 4.69) is 0 Å². The SMILES string of the molecule is CN1OC[C@H]2C[C@@H](O)[C@@H]3OC(C)(C)O[C@@H]3[C@H]21. The maximum absolute atomic E-state index is 10.1. The van der Waals surface area contributed by atoms with Gasteiger partial charge in [-0.15, -0.1) is 0 Å². The molecular weight excluding hydrogens is 210 g/mol. The van der Waals surface area contributed by atoms with Crippen molar-refractivity contribution in [1.29, 1.82) is 0 Å². The highest BCUT2D eigenvalue weighted by molar-refractivity contribution is 5.02. The normalized spacial score (nSPS) is 51.4. The van der Waals surface area contributed by atoms with Gasteiger partial charge in [-0.3, -0.25) is 4.84 Å². The highest BCUT2D eigenvalue weighted by Crippen LogP contribution is 2.43. The standard InChI is InChI=1S/C11H19NO4/c1-11(2)15-9-7(13)4-6-5-14-12(3)8(6)10(9)16-11/h6-10,13H,4-5H2,1-3H3/t6-,7-,8+,9+,10-/m1/s1. The molecule has 3 aliphatic rings. The summed E-state index contributed by atoms with van der Waals surface area (Å²) in [5, 5.41) is 11.9. The molecule has 0 unspecified atom stereocenters. The molecule has 2 saturated heterocycles. The van der Waals surface area contributed by atoms with E-state index in [1.165, 1.54) is 0 Å². The molecule has 0 aromatic carbocycles. The number of hydroxylamine groups is 2. The lowest BCUT2D eigenvalue weighted by Gasteiger charge is -2.37. The Bertz CT molecular complexity index is 296. The maximum Gasteiger partial charge on any atom is 0.163 e. The van der Waals surface area contributed by atoms with Crippen LogP contribution in [0.5, 0.6) is 0 Å². The minimum absolute atomic E-state index is 0.0868. The third-order valence-corrected chi connectivity index (χ3v) is 3.82. The molecule has 1 N–H and O–H groups in total. The van der Waals surface area contributed by atoms with Crippen LogP contribution in [0.15, 0.2) is 0 Å². The number of hydrogen-bond donors (Lipinski definition) is 1. The molecule has 0 aromatic heterocycles. The fourth-order valence-corrected chi connectivity index (χ4v) is 3.20. The summed E-state index contributed by atoms with van der Waals surface area (Å²) in [4.78, 5) is 5.51. The number of aliphatic hydroxyl groups excluding tert-OH is 1. The van der Waals surface area contributed by atoms with E-state index in [1.807, 2.05) is 26.0 Å². The van der Waals surface area contributed by atoms with Crippen LogP contribution in [0.1, 0.15) is 20.3 Å². The van der Waals surface area contributed by atoms with E-state index < -0.39 is 11.9 Å². The largest absolute Gasteiger partial charge is 0.390 e. The van der Waals surface area contributed by atoms with Crippen LogP contribution in [-0.2, 0) is 14.3 Å². The van der Waals surface area contributed by atoms with E-state index >= 15 is 0 Å². The summed E-state index contributed by atoms with van der Waals surface area (Å²) in [5.74, 6) is -0.256. The van der Waals surface area contributed by atoms with Gasteiger partial charge < -0.3 is 14.6 Å². The van der Waals surface area contributed by atoms with Gasteiger partial charge in [0.25, 0.3) is 0 Å². The average molecular weight is 229 g/mol. The second kappa shape index (κ2) is 3.40. The molecule has 92 valence electrons. The van der Waals surface area contributed by atoms with Crippen LogP contribution in [0.25, 0.3) is 0 Å². The van der Waals surface area contributed by atoms with Crippen LogP contribution in [0.4, 0.5) is 0 Å². The zero-order chi connectivity index (χ0) is 11.5. The minimum Gasteiger partial charge on any atom is -0.390 e. The molecule has 16 heavy (non-hydrogen) atoms. The molecule has 2 heterocycles. The number of ether oxygens (including phenoxy) is 2. The molecule has 0 aromatic rings. The first-order valence-corrected chi connectivity index (χ1v) is 5.87. The Morgan fingerprint density at radius 3 is 2.69 bits per heavy atom. The molecule has 5 atom stereocenters. The predicted octanol–water partition coefficient (Wildman–Crippen LogP) is 0.133. The zero-order valence-corrected chi connectivity index (χ0v) is 9.92. The number of nitrogens with zero attached hydrogens (tertiary/aromatic N) is 1. The lowest BCUT2D eigenvalue weighted by Crippen LogP contribution is -2.54. The van der Waals surface area contributed by atoms with E-state index in [0.29, 0.717) is 12.5 Å². The smallest absolute Gasteiger partial charge is 0.163 e. The first kappa shape index (κ1) is 10.9. The van der Waals surface area contributed by atoms with Gasteiger partial charge in [0.2, 0.25) is 0 Å². The van der Waals surface area contributed by atoms with Crippen LogP contribution >= 0.6 is 0 Å². The number of aliphatic hydroxyl groups is 1. The van der Waals surface area contributed by atoms with Gasteiger partial charge in [0.15, 0.2) is 5.79 Å². The van der Waals surface area contributed by atoms with Gasteiger partial charge in [0, 0.05) is 13.0 Å². The van der Waals surface area contributed by atoms with Gasteiger partial charge in [-0.2, -0.15) is 5.06 Å². The lowest BCUT2D eigenvalue weighted by molar-refractivity contribution is -0.168. The molecular formula is C11H19NO4. The fourth-order valence-electron chi connectivity index (χ4n) is 3.20. The van der Waals surface area contributed by atoms with Gasteiger partial charge in [0.1, 0.15) is 12.2 Å². The Morgan fingerprint density at radius 1 is 1.25 bits per heavy atom. The topological polar surface area (TPSA) is 51.2 Å². The van der Waals surface area contributed by atoms with Gasteiger partial charge >= 0.3 is 0 Å². The van der Waals surface area contributed by atoms with E-state index in [-0.39, 0.29) is 18.2 Å². The summed E-state index contributed by atoms with van der Waals surface area (Å²) in [5.41, 5.74) is 0. The summed E-state index contributed by atoms with van der Waals surface area (Å²) in [7, 11) is 1.92. The van der Waals surface area contributed by atoms with Crippen LogP contribution in [0.2, 0.25) is 0 Å². The summed E-state index contributed by atoms with van der Waals surface area (Å²) >= 11 is 0. The molecule has 3 fully saturated rings. The predicted molar refractivity (Wildman–Crippen MR) is 55.4 cm³/mol. The van der Waals surface area contributed by atoms with Gasteiger partial charge in [0.05, 0.1) is 18.8 Å². The Morgan fingerprint density at radius 2 is 1.94 bits per heavy atom. The Balaban J connectivity index is 1.88. The molecule has 0 spiro atoms. The average Bonchev–Trinajstić information content (AvgIpc) is 2.67. The number of likely N-dealkylation sites (N-methyl/N-ethyl adjacent to an activating group) is 1. The summed E-state index contributed by atoms with van der Waals surface area (Å²) in [6, 6.07) is 0.204. The molecule has 3 rings (SSSR count). The Labute approximate surface area is 95.2 Å². The second-order valence-electron chi connectivity index (χ2n) is 5.46. The summed E-state index contributed by atoms with van der Waals surface area (Å²) < 4.78 is 11.7. The first-order valence-electron chi connectivity index (χ1n) is 5.87. The van der Waals surface area contributed by atoms with Crippen molar-refractivity contribution in [2.24, 2.45) is 5.92 Å². The van der Waals surface area contributed by atoms with Gasteiger partial charge in [-0.05, 0) is 20.3 Å². The Kier molecular flexibility index (Phi) is 2.32. The number of rotatable bonds is 0.